The van der Waals surface area contributed by atoms with Gasteiger partial charge in [0.25, 0.3) is 5.91 Å². The summed E-state index contributed by atoms with van der Waals surface area (Å²) in [6.45, 7) is 0. The van der Waals surface area contributed by atoms with E-state index in [1.54, 1.807) is 40.9 Å². The Kier molecular flexibility index (Phi) is 6.42. The number of nitrogens with zero attached hydrogens (tertiary/aromatic N) is 6. The number of fused-ring (bicyclic) bond motifs is 2. The van der Waals surface area contributed by atoms with Crippen molar-refractivity contribution in [1.29, 1.82) is 0 Å². The van der Waals surface area contributed by atoms with E-state index >= 15 is 0 Å². The van der Waals surface area contributed by atoms with Crippen molar-refractivity contribution in [2.24, 2.45) is 12.5 Å². The fourth-order valence-corrected chi connectivity index (χ4v) is 7.31. The lowest BCUT2D eigenvalue weighted by Gasteiger charge is -2.46. The highest BCUT2D eigenvalue weighted by Gasteiger charge is 2.53. The number of aryl methyl sites for hydroxylation is 1. The van der Waals surface area contributed by atoms with Crippen LogP contribution in [0.2, 0.25) is 0 Å². The van der Waals surface area contributed by atoms with Gasteiger partial charge in [-0.15, -0.1) is 11.3 Å². The fourth-order valence-electron chi connectivity index (χ4n) is 6.49. The standard InChI is InChI=1S/C30H26F4N6O2S/c1-38-16-18(14-36-38)28(42)39(21-8-9-21)23-5-2-19-10-24-17(13-37-40(24)22-6-3-20(31)4-7-22)11-29(19,12-23)26(41)27-35-15-25(43-27)30(32,33)34/h3-4,6-7,10,13-16,21,23H,2,5,8-9,11-12H2,1H3/t23-,29-/m0/s1. The first-order valence-corrected chi connectivity index (χ1v) is 14.8. The van der Waals surface area contributed by atoms with Gasteiger partial charge in [0.1, 0.15) is 10.7 Å². The molecule has 0 bridgehead atoms. The lowest BCUT2D eigenvalue weighted by atomic mass is 9.60. The van der Waals surface area contributed by atoms with E-state index in [9.17, 15) is 27.2 Å². The number of halogens is 4. The van der Waals surface area contributed by atoms with Crippen molar-refractivity contribution in [1.82, 2.24) is 29.4 Å². The first-order valence-electron chi connectivity index (χ1n) is 14.0. The summed E-state index contributed by atoms with van der Waals surface area (Å²) in [5, 5.41) is 8.47. The molecule has 3 aliphatic carbocycles. The molecular formula is C30H26F4N6O2S. The molecule has 4 aromatic rings. The molecule has 3 heterocycles. The number of aromatic nitrogens is 5. The lowest BCUT2D eigenvalue weighted by molar-refractivity contribution is -0.134. The van der Waals surface area contributed by atoms with Gasteiger partial charge in [-0.25, -0.2) is 14.1 Å². The minimum atomic E-state index is -4.61. The number of amides is 1. The average Bonchev–Trinajstić information content (AvgIpc) is 3.33. The van der Waals surface area contributed by atoms with Gasteiger partial charge in [-0.2, -0.15) is 23.4 Å². The predicted octanol–water partition coefficient (Wildman–Crippen LogP) is 5.89. The van der Waals surface area contributed by atoms with E-state index in [2.05, 4.69) is 15.2 Å². The van der Waals surface area contributed by atoms with Crippen LogP contribution in [0.4, 0.5) is 17.6 Å². The SMILES string of the molecule is Cn1cc(C(=O)N(C2CC2)[C@H]2CCC3=Cc4c(cnn4-c4ccc(F)cc4)C[C@]3(C(=O)c3ncc(C(F)(F)F)s3)C2)cn1. The highest BCUT2D eigenvalue weighted by molar-refractivity contribution is 7.13. The maximum atomic E-state index is 14.4. The van der Waals surface area contributed by atoms with Gasteiger partial charge in [-0.05, 0) is 74.4 Å². The van der Waals surface area contributed by atoms with Crippen molar-refractivity contribution >= 4 is 29.1 Å². The van der Waals surface area contributed by atoms with Crippen molar-refractivity contribution < 1.29 is 27.2 Å². The highest BCUT2D eigenvalue weighted by atomic mass is 32.1. The molecule has 0 unspecified atom stereocenters. The Morgan fingerprint density at radius 2 is 1.81 bits per heavy atom. The van der Waals surface area contributed by atoms with Crippen molar-refractivity contribution in [2.45, 2.75) is 56.8 Å². The molecule has 2 atom stereocenters. The largest absolute Gasteiger partial charge is 0.427 e. The molecule has 0 spiro atoms. The molecule has 2 fully saturated rings. The Morgan fingerprint density at radius 1 is 1.05 bits per heavy atom. The molecule has 13 heteroatoms. The number of allylic oxidation sites excluding steroid dienone is 1. The van der Waals surface area contributed by atoms with Crippen LogP contribution in [0.1, 0.15) is 68.4 Å². The first-order chi connectivity index (χ1) is 20.5. The quantitative estimate of drug-likeness (QED) is 0.201. The molecule has 7 rings (SSSR count). The van der Waals surface area contributed by atoms with Gasteiger partial charge in [0.15, 0.2) is 5.01 Å². The fraction of sp³-hybridized carbons (Fsp3) is 0.367. The molecule has 3 aliphatic rings. The van der Waals surface area contributed by atoms with Crippen LogP contribution in [-0.4, -0.2) is 53.2 Å². The number of carbonyl (C=O) groups is 2. The smallest absolute Gasteiger partial charge is 0.333 e. The Balaban J connectivity index is 1.30. The minimum Gasteiger partial charge on any atom is -0.333 e. The molecule has 0 N–H and O–H groups in total. The number of benzene rings is 1. The van der Waals surface area contributed by atoms with Crippen molar-refractivity contribution in [3.63, 3.8) is 0 Å². The van der Waals surface area contributed by atoms with Crippen molar-refractivity contribution in [3.8, 4) is 5.69 Å². The maximum Gasteiger partial charge on any atom is 0.427 e. The van der Waals surface area contributed by atoms with Gasteiger partial charge in [0, 0.05) is 25.3 Å². The predicted molar refractivity (Wildman–Crippen MR) is 149 cm³/mol. The Labute approximate surface area is 247 Å². The van der Waals surface area contributed by atoms with Gasteiger partial charge in [-0.1, -0.05) is 5.57 Å². The number of ketones is 1. The van der Waals surface area contributed by atoms with E-state index in [0.29, 0.717) is 41.6 Å². The van der Waals surface area contributed by atoms with E-state index in [4.69, 9.17) is 0 Å². The number of hydrogen-bond donors (Lipinski definition) is 0. The van der Waals surface area contributed by atoms with Crippen molar-refractivity contribution in [3.05, 3.63) is 87.1 Å². The molecule has 222 valence electrons. The zero-order chi connectivity index (χ0) is 30.1. The van der Waals surface area contributed by atoms with Crippen LogP contribution in [0.3, 0.4) is 0 Å². The van der Waals surface area contributed by atoms with Crippen LogP contribution in [0.25, 0.3) is 11.8 Å². The first kappa shape index (κ1) is 27.7. The van der Waals surface area contributed by atoms with Crippen LogP contribution in [0, 0.1) is 11.2 Å². The summed E-state index contributed by atoms with van der Waals surface area (Å²) in [6.07, 6.45) is 6.03. The average molecular weight is 611 g/mol. The molecule has 1 amide bonds. The molecule has 0 aliphatic heterocycles. The summed E-state index contributed by atoms with van der Waals surface area (Å²) in [4.78, 5) is 33.0. The summed E-state index contributed by atoms with van der Waals surface area (Å²) >= 11 is 0.350. The van der Waals surface area contributed by atoms with E-state index in [-0.39, 0.29) is 41.7 Å². The second kappa shape index (κ2) is 9.97. The van der Waals surface area contributed by atoms with Crippen LogP contribution in [0.15, 0.2) is 54.6 Å². The van der Waals surface area contributed by atoms with Gasteiger partial charge >= 0.3 is 6.18 Å². The number of carbonyl (C=O) groups excluding carboxylic acids is 2. The Hall–Kier alpha value is -4.13. The topological polar surface area (TPSA) is 85.9 Å². The van der Waals surface area contributed by atoms with Gasteiger partial charge in [0.2, 0.25) is 5.78 Å². The molecule has 8 nitrogen and oxygen atoms in total. The second-order valence-electron chi connectivity index (χ2n) is 11.5. The zero-order valence-electron chi connectivity index (χ0n) is 23.0. The molecule has 0 radical (unpaired) electrons. The van der Waals surface area contributed by atoms with E-state index in [0.717, 1.165) is 29.7 Å². The monoisotopic (exact) mass is 610 g/mol. The molecule has 2 saturated carbocycles. The third kappa shape index (κ3) is 4.79. The van der Waals surface area contributed by atoms with Crippen LogP contribution in [-0.2, 0) is 19.6 Å². The van der Waals surface area contributed by atoms with E-state index in [1.807, 2.05) is 11.0 Å². The number of hydrogen-bond acceptors (Lipinski definition) is 6. The van der Waals surface area contributed by atoms with Crippen LogP contribution < -0.4 is 0 Å². The second-order valence-corrected chi connectivity index (χ2v) is 12.5. The summed E-state index contributed by atoms with van der Waals surface area (Å²) in [5.74, 6) is -1.02. The summed E-state index contributed by atoms with van der Waals surface area (Å²) in [7, 11) is 1.73. The normalized spacial score (nSPS) is 21.6. The third-order valence-electron chi connectivity index (χ3n) is 8.64. The van der Waals surface area contributed by atoms with Gasteiger partial charge in [-0.3, -0.25) is 14.3 Å². The van der Waals surface area contributed by atoms with Gasteiger partial charge in [0.05, 0.1) is 41.0 Å². The Bertz CT molecular complexity index is 1770. The molecular weight excluding hydrogens is 584 g/mol. The summed E-state index contributed by atoms with van der Waals surface area (Å²) in [5.41, 5.74) is 2.16. The van der Waals surface area contributed by atoms with Gasteiger partial charge < -0.3 is 4.90 Å². The number of alkyl halides is 3. The van der Waals surface area contributed by atoms with Crippen LogP contribution in [0.5, 0.6) is 0 Å². The minimum absolute atomic E-state index is 0.0347. The maximum absolute atomic E-state index is 14.4. The zero-order valence-corrected chi connectivity index (χ0v) is 23.8. The van der Waals surface area contributed by atoms with Crippen molar-refractivity contribution in [2.75, 3.05) is 0 Å². The van der Waals surface area contributed by atoms with E-state index in [1.165, 1.54) is 18.3 Å². The third-order valence-corrected chi connectivity index (χ3v) is 9.68. The highest BCUT2D eigenvalue weighted by Crippen LogP contribution is 2.52. The number of Topliss-reactive ketones (excluding diaryl/α,β-unsaturated/α-hetero) is 1. The number of rotatable bonds is 6. The molecule has 3 aromatic heterocycles. The molecule has 43 heavy (non-hydrogen) atoms. The van der Waals surface area contributed by atoms with Crippen LogP contribution >= 0.6 is 11.3 Å². The summed E-state index contributed by atoms with van der Waals surface area (Å²) in [6, 6.07) is 5.62. The summed E-state index contributed by atoms with van der Waals surface area (Å²) < 4.78 is 57.4. The lowest BCUT2D eigenvalue weighted by Crippen LogP contribution is -2.51. The van der Waals surface area contributed by atoms with E-state index < -0.39 is 22.3 Å². The number of thiazole rings is 1. The molecule has 1 aromatic carbocycles. The molecule has 0 saturated heterocycles. The Morgan fingerprint density at radius 3 is 2.47 bits per heavy atom.